The van der Waals surface area contributed by atoms with E-state index in [-0.39, 0.29) is 18.8 Å². The molecule has 0 saturated carbocycles. The number of benzene rings is 1. The average Bonchev–Trinajstić information content (AvgIpc) is 3.19. The highest BCUT2D eigenvalue weighted by Crippen LogP contribution is 2.13. The summed E-state index contributed by atoms with van der Waals surface area (Å²) in [7, 11) is 0. The van der Waals surface area contributed by atoms with Crippen LogP contribution in [0, 0.1) is 6.92 Å². The monoisotopic (exact) mass is 400 g/mol. The van der Waals surface area contributed by atoms with Crippen molar-refractivity contribution >= 4 is 23.4 Å². The van der Waals surface area contributed by atoms with Crippen LogP contribution < -0.4 is 16.1 Å². The molecule has 8 nitrogen and oxygen atoms in total. The highest BCUT2D eigenvalue weighted by molar-refractivity contribution is 6.30. The van der Waals surface area contributed by atoms with Crippen molar-refractivity contribution < 1.29 is 14.0 Å². The largest absolute Gasteiger partial charge is 0.467 e. The number of carbonyl (C=O) groups is 2. The summed E-state index contributed by atoms with van der Waals surface area (Å²) in [5.41, 5.74) is 0.364. The predicted molar refractivity (Wildman–Crippen MR) is 102 cm³/mol. The number of aryl methyl sites for hydroxylation is 1. The van der Waals surface area contributed by atoms with Gasteiger partial charge in [0.05, 0.1) is 25.0 Å². The van der Waals surface area contributed by atoms with E-state index in [4.69, 9.17) is 16.0 Å². The molecule has 0 saturated heterocycles. The first-order valence-corrected chi connectivity index (χ1v) is 8.76. The third kappa shape index (κ3) is 4.66. The van der Waals surface area contributed by atoms with Gasteiger partial charge in [-0.1, -0.05) is 11.6 Å². The number of nitrogens with one attached hydrogen (secondary N) is 2. The van der Waals surface area contributed by atoms with Crippen LogP contribution in [0.25, 0.3) is 5.69 Å². The number of aromatic nitrogens is 2. The first kappa shape index (κ1) is 19.4. The summed E-state index contributed by atoms with van der Waals surface area (Å²) in [4.78, 5) is 36.4. The van der Waals surface area contributed by atoms with Crippen LogP contribution in [0.2, 0.25) is 5.02 Å². The van der Waals surface area contributed by atoms with Gasteiger partial charge in [-0.15, -0.1) is 0 Å². The van der Waals surface area contributed by atoms with Crippen LogP contribution in [0.4, 0.5) is 0 Å². The fraction of sp³-hybridized carbons (Fsp3) is 0.158. The Kier molecular flexibility index (Phi) is 5.90. The molecular weight excluding hydrogens is 384 g/mol. The van der Waals surface area contributed by atoms with Gasteiger partial charge < -0.3 is 15.1 Å². The zero-order valence-electron chi connectivity index (χ0n) is 14.9. The Morgan fingerprint density at radius 3 is 2.61 bits per heavy atom. The minimum absolute atomic E-state index is 0.202. The van der Waals surface area contributed by atoms with Crippen molar-refractivity contribution in [1.29, 1.82) is 0 Å². The molecule has 0 atom stereocenters. The first-order valence-electron chi connectivity index (χ1n) is 8.38. The second-order valence-corrected chi connectivity index (χ2v) is 6.36. The topological polar surface area (TPSA) is 106 Å². The highest BCUT2D eigenvalue weighted by atomic mass is 35.5. The molecular formula is C19H17ClN4O4. The summed E-state index contributed by atoms with van der Waals surface area (Å²) in [5, 5.41) is 9.69. The summed E-state index contributed by atoms with van der Waals surface area (Å²) in [5.74, 6) is -0.568. The van der Waals surface area contributed by atoms with Crippen LogP contribution in [0.3, 0.4) is 0 Å². The van der Waals surface area contributed by atoms with E-state index in [1.165, 1.54) is 17.0 Å². The number of rotatable bonds is 6. The van der Waals surface area contributed by atoms with E-state index in [9.17, 15) is 14.4 Å². The predicted octanol–water partition coefficient (Wildman–Crippen LogP) is 1.83. The summed E-state index contributed by atoms with van der Waals surface area (Å²) in [6.45, 7) is 1.61. The number of hydrogen-bond acceptors (Lipinski definition) is 5. The maximum absolute atomic E-state index is 12.3. The standard InChI is InChI=1S/C19H17ClN4O4/c1-12-9-16(25)18(23-24(12)14-6-4-13(20)5-7-14)19(27)22-11-17(26)21-10-15-3-2-8-28-15/h2-9H,10-11H2,1H3,(H,21,26)(H,22,27). The zero-order valence-corrected chi connectivity index (χ0v) is 15.7. The maximum atomic E-state index is 12.3. The maximum Gasteiger partial charge on any atom is 0.276 e. The zero-order chi connectivity index (χ0) is 20.1. The molecule has 0 fully saturated rings. The third-order valence-corrected chi connectivity index (χ3v) is 4.10. The second kappa shape index (κ2) is 8.53. The molecule has 1 aromatic carbocycles. The molecule has 9 heteroatoms. The van der Waals surface area contributed by atoms with Gasteiger partial charge >= 0.3 is 0 Å². The number of halogens is 1. The normalized spacial score (nSPS) is 10.5. The lowest BCUT2D eigenvalue weighted by atomic mass is 10.2. The first-order chi connectivity index (χ1) is 13.4. The van der Waals surface area contributed by atoms with Crippen LogP contribution in [0.5, 0.6) is 0 Å². The Bertz CT molecular complexity index is 1040. The average molecular weight is 401 g/mol. The summed E-state index contributed by atoms with van der Waals surface area (Å²) in [6, 6.07) is 11.5. The van der Waals surface area contributed by atoms with Gasteiger partial charge in [0, 0.05) is 16.8 Å². The van der Waals surface area contributed by atoms with E-state index in [2.05, 4.69) is 15.7 Å². The molecule has 0 unspecified atom stereocenters. The summed E-state index contributed by atoms with van der Waals surface area (Å²) in [6.07, 6.45) is 1.50. The summed E-state index contributed by atoms with van der Waals surface area (Å²) < 4.78 is 6.57. The van der Waals surface area contributed by atoms with Gasteiger partial charge in [0.25, 0.3) is 5.91 Å². The SMILES string of the molecule is Cc1cc(=O)c(C(=O)NCC(=O)NCc2ccco2)nn1-c1ccc(Cl)cc1. The fourth-order valence-electron chi connectivity index (χ4n) is 2.45. The van der Waals surface area contributed by atoms with Crippen LogP contribution in [0.15, 0.2) is 57.9 Å². The van der Waals surface area contributed by atoms with E-state index in [1.54, 1.807) is 43.3 Å². The number of amides is 2. The van der Waals surface area contributed by atoms with E-state index in [0.717, 1.165) is 0 Å². The van der Waals surface area contributed by atoms with Crippen molar-refractivity contribution in [2.45, 2.75) is 13.5 Å². The molecule has 2 aromatic heterocycles. The molecule has 0 radical (unpaired) electrons. The molecule has 0 bridgehead atoms. The van der Waals surface area contributed by atoms with Gasteiger partial charge in [0.15, 0.2) is 5.69 Å². The van der Waals surface area contributed by atoms with E-state index >= 15 is 0 Å². The van der Waals surface area contributed by atoms with Crippen LogP contribution in [-0.4, -0.2) is 28.1 Å². The van der Waals surface area contributed by atoms with Crippen LogP contribution in [0.1, 0.15) is 21.9 Å². The molecule has 2 amide bonds. The quantitative estimate of drug-likeness (QED) is 0.656. The Hall–Kier alpha value is -3.39. The molecule has 2 N–H and O–H groups in total. The molecule has 0 spiro atoms. The molecule has 0 aliphatic carbocycles. The van der Waals surface area contributed by atoms with Gasteiger partial charge in [0.2, 0.25) is 11.3 Å². The van der Waals surface area contributed by atoms with Gasteiger partial charge in [-0.2, -0.15) is 5.10 Å². The Morgan fingerprint density at radius 2 is 1.93 bits per heavy atom. The van der Waals surface area contributed by atoms with Crippen LogP contribution in [-0.2, 0) is 11.3 Å². The molecule has 2 heterocycles. The summed E-state index contributed by atoms with van der Waals surface area (Å²) >= 11 is 5.89. The van der Waals surface area contributed by atoms with Crippen molar-refractivity contribution in [3.05, 3.63) is 81.1 Å². The van der Waals surface area contributed by atoms with Gasteiger partial charge in [-0.3, -0.25) is 14.4 Å². The van der Waals surface area contributed by atoms with E-state index < -0.39 is 17.2 Å². The molecule has 3 aromatic rings. The molecule has 144 valence electrons. The number of furan rings is 1. The minimum atomic E-state index is -0.735. The second-order valence-electron chi connectivity index (χ2n) is 5.93. The van der Waals surface area contributed by atoms with Crippen molar-refractivity contribution in [2.75, 3.05) is 6.54 Å². The van der Waals surface area contributed by atoms with Crippen molar-refractivity contribution in [2.24, 2.45) is 0 Å². The lowest BCUT2D eigenvalue weighted by molar-refractivity contribution is -0.120. The number of nitrogens with zero attached hydrogens (tertiary/aromatic N) is 2. The van der Waals surface area contributed by atoms with E-state index in [0.29, 0.717) is 22.2 Å². The lowest BCUT2D eigenvalue weighted by Crippen LogP contribution is -2.39. The van der Waals surface area contributed by atoms with Gasteiger partial charge in [-0.25, -0.2) is 4.68 Å². The minimum Gasteiger partial charge on any atom is -0.467 e. The third-order valence-electron chi connectivity index (χ3n) is 3.84. The molecule has 0 aliphatic heterocycles. The Balaban J connectivity index is 1.69. The van der Waals surface area contributed by atoms with E-state index in [1.807, 2.05) is 0 Å². The Labute approximate surface area is 165 Å². The van der Waals surface area contributed by atoms with Gasteiger partial charge in [0.1, 0.15) is 5.76 Å². The number of hydrogen-bond donors (Lipinski definition) is 2. The molecule has 0 aliphatic rings. The van der Waals surface area contributed by atoms with Crippen molar-refractivity contribution in [3.63, 3.8) is 0 Å². The lowest BCUT2D eigenvalue weighted by Gasteiger charge is -2.11. The van der Waals surface area contributed by atoms with Crippen LogP contribution >= 0.6 is 11.6 Å². The molecule has 3 rings (SSSR count). The fourth-order valence-corrected chi connectivity index (χ4v) is 2.58. The highest BCUT2D eigenvalue weighted by Gasteiger charge is 2.16. The Morgan fingerprint density at radius 1 is 1.18 bits per heavy atom. The number of carbonyl (C=O) groups excluding carboxylic acids is 2. The van der Waals surface area contributed by atoms with Crippen molar-refractivity contribution in [1.82, 2.24) is 20.4 Å². The van der Waals surface area contributed by atoms with Crippen molar-refractivity contribution in [3.8, 4) is 5.69 Å². The smallest absolute Gasteiger partial charge is 0.276 e. The van der Waals surface area contributed by atoms with Gasteiger partial charge in [-0.05, 0) is 43.3 Å². The molecule has 28 heavy (non-hydrogen) atoms.